The average Bonchev–Trinajstić information content (AvgIpc) is 2.48. The van der Waals surface area contributed by atoms with Crippen LogP contribution in [0.3, 0.4) is 0 Å². The van der Waals surface area contributed by atoms with E-state index in [1.54, 1.807) is 6.07 Å². The van der Waals surface area contributed by atoms with Crippen LogP contribution in [-0.2, 0) is 0 Å². The van der Waals surface area contributed by atoms with Crippen LogP contribution in [0.15, 0.2) is 6.07 Å². The van der Waals surface area contributed by atoms with E-state index in [1.165, 1.54) is 0 Å². The number of nitriles is 1. The van der Waals surface area contributed by atoms with Gasteiger partial charge in [-0.15, -0.1) is 0 Å². The Morgan fingerprint density at radius 3 is 2.86 bits per heavy atom. The maximum absolute atomic E-state index is 13.2. The van der Waals surface area contributed by atoms with E-state index in [-0.39, 0.29) is 22.3 Å². The number of aromatic nitrogens is 1. The Morgan fingerprint density at radius 1 is 1.50 bits per heavy atom. The van der Waals surface area contributed by atoms with Crippen molar-refractivity contribution in [3.63, 3.8) is 0 Å². The highest BCUT2D eigenvalue weighted by atomic mass is 19.2. The molecule has 0 saturated heterocycles. The first-order valence-corrected chi connectivity index (χ1v) is 3.72. The second-order valence-electron chi connectivity index (χ2n) is 2.73. The van der Waals surface area contributed by atoms with Gasteiger partial charge in [-0.3, -0.25) is 0 Å². The molecule has 0 spiro atoms. The van der Waals surface area contributed by atoms with Crippen molar-refractivity contribution >= 4 is 16.7 Å². The summed E-state index contributed by atoms with van der Waals surface area (Å²) in [6, 6.07) is 5.01. The number of nitrogens with zero attached hydrogens (tertiary/aromatic N) is 1. The molecule has 1 aromatic carbocycles. The topological polar surface area (TPSA) is 65.6 Å². The summed E-state index contributed by atoms with van der Waals surface area (Å²) >= 11 is 0. The van der Waals surface area contributed by atoms with Gasteiger partial charge in [0.15, 0.2) is 11.6 Å². The summed E-state index contributed by atoms with van der Waals surface area (Å²) in [7, 11) is 0. The molecule has 5 heteroatoms. The van der Waals surface area contributed by atoms with E-state index in [2.05, 4.69) is 11.1 Å². The first-order chi connectivity index (χ1) is 6.65. The van der Waals surface area contributed by atoms with E-state index in [1.807, 2.05) is 0 Å². The maximum atomic E-state index is 13.2. The van der Waals surface area contributed by atoms with Crippen molar-refractivity contribution in [2.75, 3.05) is 5.73 Å². The number of nitrogens with two attached hydrogens (primary N) is 1. The third-order valence-electron chi connectivity index (χ3n) is 1.91. The lowest BCUT2D eigenvalue weighted by Crippen LogP contribution is -1.88. The van der Waals surface area contributed by atoms with Gasteiger partial charge in [0.05, 0.1) is 10.9 Å². The van der Waals surface area contributed by atoms with Crippen LogP contribution in [-0.4, -0.2) is 4.98 Å². The number of fused-ring (bicyclic) bond motifs is 1. The van der Waals surface area contributed by atoms with Crippen molar-refractivity contribution < 1.29 is 8.78 Å². The van der Waals surface area contributed by atoms with Gasteiger partial charge >= 0.3 is 0 Å². The molecule has 0 aliphatic rings. The Kier molecular flexibility index (Phi) is 1.64. The Bertz CT molecular complexity index is 551. The summed E-state index contributed by atoms with van der Waals surface area (Å²) in [5.74, 6) is -2.11. The van der Waals surface area contributed by atoms with Gasteiger partial charge < -0.3 is 10.7 Å². The predicted molar refractivity (Wildman–Crippen MR) is 46.2 cm³/mol. The number of nitrogen functional groups attached to an aromatic ring is 1. The summed E-state index contributed by atoms with van der Waals surface area (Å²) in [6.07, 6.45) is 0. The molecule has 3 N–H and O–H groups in total. The summed E-state index contributed by atoms with van der Waals surface area (Å²) < 4.78 is 26.0. The van der Waals surface area contributed by atoms with Crippen LogP contribution >= 0.6 is 0 Å². The predicted octanol–water partition coefficient (Wildman–Crippen LogP) is 1.70. The van der Waals surface area contributed by atoms with E-state index in [4.69, 9.17) is 11.0 Å². The fraction of sp³-hybridized carbons (Fsp3) is 0. The molecule has 1 heterocycles. The van der Waals surface area contributed by atoms with E-state index in [9.17, 15) is 8.78 Å². The monoisotopic (exact) mass is 192 g/mol. The number of nitrogens with one attached hydrogen (secondary N) is 1. The molecule has 69 valence electrons. The molecule has 14 heavy (non-hydrogen) atoms. The SMILES string of the molecule is N#Cc1c(N)[nH]c2[c]cc(F)c(F)c12. The molecule has 0 bridgehead atoms. The van der Waals surface area contributed by atoms with Crippen LogP contribution in [0.25, 0.3) is 10.9 Å². The van der Waals surface area contributed by atoms with Gasteiger partial charge in [-0.1, -0.05) is 0 Å². The van der Waals surface area contributed by atoms with Crippen molar-refractivity contribution in [2.45, 2.75) is 0 Å². The number of hydrogen-bond acceptors (Lipinski definition) is 2. The summed E-state index contributed by atoms with van der Waals surface area (Å²) in [5, 5.41) is 8.52. The zero-order valence-corrected chi connectivity index (χ0v) is 6.86. The molecule has 0 fully saturated rings. The zero-order valence-electron chi connectivity index (χ0n) is 6.86. The average molecular weight is 192 g/mol. The van der Waals surface area contributed by atoms with Crippen molar-refractivity contribution in [2.24, 2.45) is 0 Å². The minimum absolute atomic E-state index is 0.0169. The molecule has 3 nitrogen and oxygen atoms in total. The summed E-state index contributed by atoms with van der Waals surface area (Å²) in [6.45, 7) is 0. The van der Waals surface area contributed by atoms with E-state index < -0.39 is 11.6 Å². The number of rotatable bonds is 0. The molecular formula is C9H4F2N3. The number of benzene rings is 1. The molecule has 0 saturated carbocycles. The van der Waals surface area contributed by atoms with Gasteiger partial charge in [-0.05, 0) is 6.07 Å². The van der Waals surface area contributed by atoms with Crippen LogP contribution in [0.5, 0.6) is 0 Å². The number of halogens is 2. The molecule has 2 aromatic rings. The Labute approximate surface area is 77.8 Å². The molecule has 0 aliphatic heterocycles. The second-order valence-corrected chi connectivity index (χ2v) is 2.73. The van der Waals surface area contributed by atoms with Gasteiger partial charge in [-0.2, -0.15) is 5.26 Å². The third-order valence-corrected chi connectivity index (χ3v) is 1.91. The van der Waals surface area contributed by atoms with E-state index >= 15 is 0 Å². The van der Waals surface area contributed by atoms with Gasteiger partial charge in [0.1, 0.15) is 17.5 Å². The van der Waals surface area contributed by atoms with Crippen LogP contribution in [0.1, 0.15) is 5.56 Å². The van der Waals surface area contributed by atoms with Gasteiger partial charge in [0.25, 0.3) is 0 Å². The standard InChI is InChI=1S/C9H4F2N3/c10-5-1-2-6-7(8(5)11)4(3-12)9(13)14-6/h1,14H,13H2. The number of hydrogen-bond donors (Lipinski definition) is 2. The smallest absolute Gasteiger partial charge is 0.169 e. The number of anilines is 1. The third kappa shape index (κ3) is 0.941. The normalized spacial score (nSPS) is 10.4. The highest BCUT2D eigenvalue weighted by Crippen LogP contribution is 2.26. The largest absolute Gasteiger partial charge is 0.384 e. The Balaban J connectivity index is 3.00. The molecule has 1 aromatic heterocycles. The highest BCUT2D eigenvalue weighted by molar-refractivity contribution is 5.91. The van der Waals surface area contributed by atoms with Crippen LogP contribution < -0.4 is 5.73 Å². The van der Waals surface area contributed by atoms with Gasteiger partial charge in [-0.25, -0.2) is 8.78 Å². The number of H-pyrrole nitrogens is 1. The van der Waals surface area contributed by atoms with Crippen molar-refractivity contribution in [3.8, 4) is 6.07 Å². The minimum Gasteiger partial charge on any atom is -0.384 e. The molecule has 0 unspecified atom stereocenters. The Morgan fingerprint density at radius 2 is 2.21 bits per heavy atom. The first kappa shape index (κ1) is 8.51. The fourth-order valence-corrected chi connectivity index (χ4v) is 1.28. The molecule has 0 amide bonds. The lowest BCUT2D eigenvalue weighted by Gasteiger charge is -1.93. The Hall–Kier alpha value is -2.09. The molecule has 2 rings (SSSR count). The lowest BCUT2D eigenvalue weighted by atomic mass is 10.1. The van der Waals surface area contributed by atoms with Crippen LogP contribution in [0, 0.1) is 29.0 Å². The quantitative estimate of drug-likeness (QED) is 0.667. The van der Waals surface area contributed by atoms with E-state index in [0.717, 1.165) is 6.07 Å². The van der Waals surface area contributed by atoms with E-state index in [0.29, 0.717) is 0 Å². The molecular weight excluding hydrogens is 188 g/mol. The summed E-state index contributed by atoms with van der Waals surface area (Å²) in [4.78, 5) is 2.54. The van der Waals surface area contributed by atoms with Crippen LogP contribution in [0.2, 0.25) is 0 Å². The lowest BCUT2D eigenvalue weighted by molar-refractivity contribution is 0.517. The van der Waals surface area contributed by atoms with Crippen molar-refractivity contribution in [1.82, 2.24) is 4.98 Å². The molecule has 0 aliphatic carbocycles. The molecule has 1 radical (unpaired) electrons. The fourth-order valence-electron chi connectivity index (χ4n) is 1.28. The molecule has 0 atom stereocenters. The second kappa shape index (κ2) is 2.70. The van der Waals surface area contributed by atoms with Gasteiger partial charge in [0.2, 0.25) is 0 Å². The van der Waals surface area contributed by atoms with Crippen molar-refractivity contribution in [3.05, 3.63) is 29.3 Å². The summed E-state index contributed by atoms with van der Waals surface area (Å²) in [5.41, 5.74) is 5.50. The van der Waals surface area contributed by atoms with Gasteiger partial charge in [0, 0.05) is 6.07 Å². The maximum Gasteiger partial charge on any atom is 0.169 e. The zero-order chi connectivity index (χ0) is 10.3. The minimum atomic E-state index is -1.08. The first-order valence-electron chi connectivity index (χ1n) is 3.72. The van der Waals surface area contributed by atoms with Crippen molar-refractivity contribution in [1.29, 1.82) is 5.26 Å². The number of aromatic amines is 1. The van der Waals surface area contributed by atoms with Crippen LogP contribution in [0.4, 0.5) is 14.6 Å². The highest BCUT2D eigenvalue weighted by Gasteiger charge is 2.16.